The molecule has 0 bridgehead atoms. The van der Waals surface area contributed by atoms with E-state index < -0.39 is 17.7 Å². The Morgan fingerprint density at radius 2 is 1.83 bits per heavy atom. The van der Waals surface area contributed by atoms with Gasteiger partial charge in [-0.2, -0.15) is 5.10 Å². The molecule has 3 N–H and O–H groups in total. The van der Waals surface area contributed by atoms with Crippen LogP contribution in [0.5, 0.6) is 0 Å². The van der Waals surface area contributed by atoms with Crippen molar-refractivity contribution in [1.29, 1.82) is 0 Å². The van der Waals surface area contributed by atoms with E-state index in [9.17, 15) is 14.4 Å². The van der Waals surface area contributed by atoms with Gasteiger partial charge in [-0.15, -0.1) is 0 Å². The summed E-state index contributed by atoms with van der Waals surface area (Å²) < 4.78 is 2.15. The van der Waals surface area contributed by atoms with Gasteiger partial charge in [0.1, 0.15) is 10.3 Å². The van der Waals surface area contributed by atoms with Crippen LogP contribution in [-0.2, 0) is 4.79 Å². The maximum Gasteiger partial charge on any atom is 0.274 e. The lowest BCUT2D eigenvalue weighted by atomic mass is 10.1. The first-order valence-electron chi connectivity index (χ1n) is 8.31. The molecule has 3 aromatic rings. The maximum absolute atomic E-state index is 13.0. The minimum atomic E-state index is -0.607. The monoisotopic (exact) mass is 554 g/mol. The summed E-state index contributed by atoms with van der Waals surface area (Å²) in [6.07, 6.45) is 1.52. The predicted molar refractivity (Wildman–Crippen MR) is 117 cm³/mol. The van der Waals surface area contributed by atoms with Crippen LogP contribution >= 0.6 is 43.5 Å². The van der Waals surface area contributed by atoms with E-state index >= 15 is 0 Å². The molecule has 0 saturated carbocycles. The van der Waals surface area contributed by atoms with E-state index in [1.807, 2.05) is 0 Å². The second kappa shape index (κ2) is 9.37. The number of carbonyl (C=O) groups excluding carboxylic acids is 3. The number of nitrogens with one attached hydrogen (secondary N) is 3. The summed E-state index contributed by atoms with van der Waals surface area (Å²) in [6, 6.07) is 9.56. The zero-order chi connectivity index (χ0) is 21.8. The number of carbonyl (C=O) groups is 3. The van der Waals surface area contributed by atoms with Crippen LogP contribution in [0.15, 0.2) is 51.7 Å². The number of para-hydroxylation sites is 1. The number of hydrogen-bond acceptors (Lipinski definition) is 5. The first-order valence-corrected chi connectivity index (χ1v) is 10.3. The van der Waals surface area contributed by atoms with Crippen molar-refractivity contribution in [2.24, 2.45) is 0 Å². The van der Waals surface area contributed by atoms with Crippen molar-refractivity contribution < 1.29 is 14.4 Å². The molecule has 30 heavy (non-hydrogen) atoms. The molecule has 0 unspecified atom stereocenters. The third-order valence-corrected chi connectivity index (χ3v) is 5.04. The highest BCUT2D eigenvalue weighted by Crippen LogP contribution is 2.28. The van der Waals surface area contributed by atoms with Gasteiger partial charge in [0, 0.05) is 23.7 Å². The molecule has 9 nitrogen and oxygen atoms in total. The van der Waals surface area contributed by atoms with Crippen LogP contribution in [0.25, 0.3) is 5.82 Å². The largest absolute Gasteiger partial charge is 0.319 e. The fourth-order valence-electron chi connectivity index (χ4n) is 2.44. The number of benzene rings is 1. The van der Waals surface area contributed by atoms with Gasteiger partial charge >= 0.3 is 0 Å². The van der Waals surface area contributed by atoms with Gasteiger partial charge in [0.15, 0.2) is 5.82 Å². The van der Waals surface area contributed by atoms with E-state index in [0.717, 1.165) is 0 Å². The average molecular weight is 557 g/mol. The average Bonchev–Trinajstić information content (AvgIpc) is 3.09. The summed E-state index contributed by atoms with van der Waals surface area (Å²) in [7, 11) is 0. The van der Waals surface area contributed by atoms with Gasteiger partial charge in [0.05, 0.1) is 16.3 Å². The number of anilines is 1. The topological polar surface area (TPSA) is 118 Å². The van der Waals surface area contributed by atoms with Gasteiger partial charge in [-0.1, -0.05) is 17.7 Å². The van der Waals surface area contributed by atoms with Crippen molar-refractivity contribution in [3.63, 3.8) is 0 Å². The number of pyridine rings is 1. The summed E-state index contributed by atoms with van der Waals surface area (Å²) in [6.45, 7) is 1.26. The number of hydrogen-bond donors (Lipinski definition) is 3. The van der Waals surface area contributed by atoms with Crippen molar-refractivity contribution in [1.82, 2.24) is 25.6 Å². The number of nitrogens with zero attached hydrogens (tertiary/aromatic N) is 3. The van der Waals surface area contributed by atoms with Crippen LogP contribution in [0.1, 0.15) is 27.8 Å². The highest BCUT2D eigenvalue weighted by Gasteiger charge is 2.22. The maximum atomic E-state index is 13.0. The molecule has 0 aliphatic rings. The molecular weight excluding hydrogens is 543 g/mol. The highest BCUT2D eigenvalue weighted by molar-refractivity contribution is 9.10. The molecule has 1 aromatic carbocycles. The Morgan fingerprint density at radius 1 is 1.07 bits per heavy atom. The Morgan fingerprint density at radius 3 is 2.53 bits per heavy atom. The number of amides is 3. The molecule has 0 aliphatic carbocycles. The number of aromatic nitrogens is 3. The van der Waals surface area contributed by atoms with E-state index in [0.29, 0.717) is 14.1 Å². The molecule has 154 valence electrons. The molecule has 0 radical (unpaired) electrons. The van der Waals surface area contributed by atoms with Crippen LogP contribution < -0.4 is 16.2 Å². The van der Waals surface area contributed by atoms with Crippen molar-refractivity contribution >= 4 is 66.9 Å². The van der Waals surface area contributed by atoms with Gasteiger partial charge in [0.25, 0.3) is 11.8 Å². The van der Waals surface area contributed by atoms with Gasteiger partial charge in [-0.05, 0) is 56.1 Å². The van der Waals surface area contributed by atoms with Gasteiger partial charge in [-0.3, -0.25) is 25.2 Å². The first kappa shape index (κ1) is 21.9. The van der Waals surface area contributed by atoms with Crippen molar-refractivity contribution in [2.75, 3.05) is 5.32 Å². The fourth-order valence-corrected chi connectivity index (χ4v) is 3.48. The molecule has 2 heterocycles. The molecule has 0 aliphatic heterocycles. The highest BCUT2D eigenvalue weighted by atomic mass is 79.9. The van der Waals surface area contributed by atoms with Gasteiger partial charge in [0.2, 0.25) is 5.91 Å². The van der Waals surface area contributed by atoms with Crippen molar-refractivity contribution in [3.8, 4) is 5.82 Å². The summed E-state index contributed by atoms with van der Waals surface area (Å²) in [5, 5.41) is 7.22. The Hall–Kier alpha value is -2.76. The van der Waals surface area contributed by atoms with Crippen LogP contribution in [0.2, 0.25) is 5.02 Å². The lowest BCUT2D eigenvalue weighted by molar-refractivity contribution is -0.119. The molecule has 0 atom stereocenters. The SMILES string of the molecule is CC(=O)NNC(=O)c1cccc(Br)c1NC(=O)c1cc(Br)nn1-c1ncccc1Cl. The molecule has 3 rings (SSSR count). The van der Waals surface area contributed by atoms with Gasteiger partial charge < -0.3 is 5.32 Å². The standard InChI is InChI=1S/C18H13Br2ClN6O3/c1-9(28)24-25-17(29)10-4-2-5-11(19)15(10)23-18(30)13-8-14(20)26-27(13)16-12(21)6-3-7-22-16/h2-8H,1H3,(H,23,30)(H,24,28)(H,25,29). The van der Waals surface area contributed by atoms with E-state index in [1.54, 1.807) is 24.3 Å². The number of rotatable bonds is 4. The summed E-state index contributed by atoms with van der Waals surface area (Å²) in [5.74, 6) is -1.34. The second-order valence-corrected chi connectivity index (χ2v) is 7.90. The Labute approximate surface area is 192 Å². The van der Waals surface area contributed by atoms with Crippen LogP contribution in [0.4, 0.5) is 5.69 Å². The zero-order valence-electron chi connectivity index (χ0n) is 15.2. The summed E-state index contributed by atoms with van der Waals surface area (Å²) in [4.78, 5) is 40.7. The fraction of sp³-hybridized carbons (Fsp3) is 0.0556. The van der Waals surface area contributed by atoms with Crippen LogP contribution in [-0.4, -0.2) is 32.5 Å². The predicted octanol–water partition coefficient (Wildman–Crippen LogP) is 3.48. The third kappa shape index (κ3) is 4.86. The zero-order valence-corrected chi connectivity index (χ0v) is 19.2. The van der Waals surface area contributed by atoms with Crippen molar-refractivity contribution in [2.45, 2.75) is 6.92 Å². The second-order valence-electron chi connectivity index (χ2n) is 5.82. The molecule has 0 saturated heterocycles. The van der Waals surface area contributed by atoms with E-state index in [4.69, 9.17) is 11.6 Å². The minimum Gasteiger partial charge on any atom is -0.319 e. The molecular formula is C18H13Br2ClN6O3. The molecule has 0 fully saturated rings. The Kier molecular flexibility index (Phi) is 6.85. The minimum absolute atomic E-state index is 0.131. The van der Waals surface area contributed by atoms with E-state index in [2.05, 4.69) is 58.1 Å². The third-order valence-electron chi connectivity index (χ3n) is 3.70. The molecule has 2 aromatic heterocycles. The molecule has 12 heteroatoms. The normalized spacial score (nSPS) is 10.4. The Balaban J connectivity index is 1.96. The van der Waals surface area contributed by atoms with Crippen LogP contribution in [0.3, 0.4) is 0 Å². The molecule has 0 spiro atoms. The number of halogens is 3. The Bertz CT molecular complexity index is 1150. The smallest absolute Gasteiger partial charge is 0.274 e. The van der Waals surface area contributed by atoms with E-state index in [1.165, 1.54) is 29.9 Å². The lowest BCUT2D eigenvalue weighted by Crippen LogP contribution is -2.40. The lowest BCUT2D eigenvalue weighted by Gasteiger charge is -2.14. The number of hydrazine groups is 1. The van der Waals surface area contributed by atoms with Crippen LogP contribution in [0, 0.1) is 0 Å². The van der Waals surface area contributed by atoms with Crippen molar-refractivity contribution in [3.05, 3.63) is 68.0 Å². The molecule has 3 amide bonds. The van der Waals surface area contributed by atoms with E-state index in [-0.39, 0.29) is 22.8 Å². The summed E-state index contributed by atoms with van der Waals surface area (Å²) in [5.41, 5.74) is 4.94. The summed E-state index contributed by atoms with van der Waals surface area (Å²) >= 11 is 12.8. The quantitative estimate of drug-likeness (QED) is 0.426. The first-order chi connectivity index (χ1) is 14.3. The van der Waals surface area contributed by atoms with Gasteiger partial charge in [-0.25, -0.2) is 9.67 Å².